The Balaban J connectivity index is 1.72. The minimum atomic E-state index is -0.175. The second-order valence-corrected chi connectivity index (χ2v) is 5.83. The normalized spacial score (nSPS) is 10.5. The van der Waals surface area contributed by atoms with Crippen LogP contribution >= 0.6 is 11.6 Å². The number of carbonyl (C=O) groups excluding carboxylic acids is 1. The Kier molecular flexibility index (Phi) is 5.00. The van der Waals surface area contributed by atoms with E-state index in [9.17, 15) is 4.79 Å². The lowest BCUT2D eigenvalue weighted by Gasteiger charge is -2.16. The van der Waals surface area contributed by atoms with E-state index in [0.717, 1.165) is 5.56 Å². The number of hydrogen-bond donors (Lipinski definition) is 0. The molecule has 7 heteroatoms. The van der Waals surface area contributed by atoms with Crippen molar-refractivity contribution in [2.75, 3.05) is 14.2 Å². The predicted molar refractivity (Wildman–Crippen MR) is 93.5 cm³/mol. The van der Waals surface area contributed by atoms with Gasteiger partial charge in [-0.2, -0.15) is 0 Å². The third-order valence-corrected chi connectivity index (χ3v) is 3.97. The van der Waals surface area contributed by atoms with Gasteiger partial charge < -0.3 is 14.2 Å². The van der Waals surface area contributed by atoms with Crippen molar-refractivity contribution in [2.45, 2.75) is 6.54 Å². The van der Waals surface area contributed by atoms with E-state index in [1.54, 1.807) is 43.7 Å². The lowest BCUT2D eigenvalue weighted by atomic mass is 10.1. The SMILES string of the molecule is COc1ccc(C(=O)N(C)Cc2cc(-c3ccncc3)no2)cc1Cl. The zero-order valence-electron chi connectivity index (χ0n) is 13.8. The van der Waals surface area contributed by atoms with Gasteiger partial charge in [-0.05, 0) is 30.3 Å². The highest BCUT2D eigenvalue weighted by Crippen LogP contribution is 2.26. The zero-order valence-corrected chi connectivity index (χ0v) is 14.5. The van der Waals surface area contributed by atoms with Gasteiger partial charge in [0, 0.05) is 36.6 Å². The predicted octanol–water partition coefficient (Wildman–Crippen LogP) is 3.67. The first-order valence-corrected chi connectivity index (χ1v) is 7.91. The maximum atomic E-state index is 12.5. The van der Waals surface area contributed by atoms with Crippen molar-refractivity contribution in [3.8, 4) is 17.0 Å². The summed E-state index contributed by atoms with van der Waals surface area (Å²) in [7, 11) is 3.22. The number of benzene rings is 1. The quantitative estimate of drug-likeness (QED) is 0.696. The highest BCUT2D eigenvalue weighted by molar-refractivity contribution is 6.32. The lowest BCUT2D eigenvalue weighted by Crippen LogP contribution is -2.26. The standard InChI is InChI=1S/C18H16ClN3O3/c1-22(18(23)13-3-4-17(24-2)15(19)9-13)11-14-10-16(21-25-14)12-5-7-20-8-6-12/h3-10H,11H2,1-2H3. The molecule has 0 N–H and O–H groups in total. The van der Waals surface area contributed by atoms with Crippen molar-refractivity contribution >= 4 is 17.5 Å². The molecule has 0 aliphatic rings. The molecule has 0 aliphatic carbocycles. The van der Waals surface area contributed by atoms with E-state index in [2.05, 4.69) is 10.1 Å². The molecule has 25 heavy (non-hydrogen) atoms. The van der Waals surface area contributed by atoms with Crippen LogP contribution in [0.5, 0.6) is 5.75 Å². The molecule has 6 nitrogen and oxygen atoms in total. The maximum absolute atomic E-state index is 12.5. The van der Waals surface area contributed by atoms with Crippen molar-refractivity contribution < 1.29 is 14.1 Å². The number of nitrogens with zero attached hydrogens (tertiary/aromatic N) is 3. The number of aromatic nitrogens is 2. The van der Waals surface area contributed by atoms with Gasteiger partial charge >= 0.3 is 0 Å². The minimum absolute atomic E-state index is 0.175. The molecular formula is C18H16ClN3O3. The number of hydrogen-bond acceptors (Lipinski definition) is 5. The molecule has 1 aromatic carbocycles. The third-order valence-electron chi connectivity index (χ3n) is 3.67. The summed E-state index contributed by atoms with van der Waals surface area (Å²) in [4.78, 5) is 18.0. The highest BCUT2D eigenvalue weighted by atomic mass is 35.5. The Bertz CT molecular complexity index is 880. The van der Waals surface area contributed by atoms with E-state index in [0.29, 0.717) is 34.3 Å². The average Bonchev–Trinajstić information content (AvgIpc) is 3.10. The molecule has 3 rings (SSSR count). The number of pyridine rings is 1. The molecular weight excluding hydrogens is 342 g/mol. The van der Waals surface area contributed by atoms with Crippen LogP contribution in [0.3, 0.4) is 0 Å². The van der Waals surface area contributed by atoms with Crippen LogP contribution in [0.1, 0.15) is 16.1 Å². The summed E-state index contributed by atoms with van der Waals surface area (Å²) in [6.45, 7) is 0.292. The summed E-state index contributed by atoms with van der Waals surface area (Å²) in [5, 5.41) is 4.42. The van der Waals surface area contributed by atoms with Gasteiger partial charge in [-0.15, -0.1) is 0 Å². The second-order valence-electron chi connectivity index (χ2n) is 5.42. The van der Waals surface area contributed by atoms with Gasteiger partial charge in [0.1, 0.15) is 11.4 Å². The van der Waals surface area contributed by atoms with Gasteiger partial charge in [0.25, 0.3) is 5.91 Å². The Morgan fingerprint density at radius 2 is 2.00 bits per heavy atom. The van der Waals surface area contributed by atoms with E-state index in [1.165, 1.54) is 12.0 Å². The van der Waals surface area contributed by atoms with Gasteiger partial charge in [-0.3, -0.25) is 9.78 Å². The summed E-state index contributed by atoms with van der Waals surface area (Å²) >= 11 is 6.08. The number of ether oxygens (including phenoxy) is 1. The molecule has 128 valence electrons. The Labute approximate surface area is 150 Å². The van der Waals surface area contributed by atoms with Crippen molar-refractivity contribution in [1.29, 1.82) is 0 Å². The molecule has 3 aromatic rings. The van der Waals surface area contributed by atoms with Crippen LogP contribution in [0.4, 0.5) is 0 Å². The first kappa shape index (κ1) is 17.0. The lowest BCUT2D eigenvalue weighted by molar-refractivity contribution is 0.0772. The molecule has 0 spiro atoms. The third kappa shape index (κ3) is 3.80. The Hall–Kier alpha value is -2.86. The van der Waals surface area contributed by atoms with Crippen LogP contribution in [0, 0.1) is 0 Å². The first-order valence-electron chi connectivity index (χ1n) is 7.53. The van der Waals surface area contributed by atoms with E-state index < -0.39 is 0 Å². The monoisotopic (exact) mass is 357 g/mol. The van der Waals surface area contributed by atoms with Crippen molar-refractivity contribution in [2.24, 2.45) is 0 Å². The van der Waals surface area contributed by atoms with Gasteiger partial charge in [0.05, 0.1) is 18.7 Å². The highest BCUT2D eigenvalue weighted by Gasteiger charge is 2.16. The van der Waals surface area contributed by atoms with Crippen LogP contribution in [-0.2, 0) is 6.54 Å². The molecule has 2 aromatic heterocycles. The minimum Gasteiger partial charge on any atom is -0.495 e. The second kappa shape index (κ2) is 7.36. The fourth-order valence-corrected chi connectivity index (χ4v) is 2.63. The van der Waals surface area contributed by atoms with Crippen molar-refractivity contribution in [1.82, 2.24) is 15.0 Å². The number of carbonyl (C=O) groups is 1. The molecule has 0 unspecified atom stereocenters. The molecule has 0 bridgehead atoms. The molecule has 0 radical (unpaired) electrons. The molecule has 0 saturated heterocycles. The zero-order chi connectivity index (χ0) is 17.8. The Morgan fingerprint density at radius 3 is 2.68 bits per heavy atom. The van der Waals surface area contributed by atoms with Gasteiger partial charge in [-0.1, -0.05) is 16.8 Å². The summed E-state index contributed by atoms with van der Waals surface area (Å²) in [6.07, 6.45) is 3.37. The van der Waals surface area contributed by atoms with Crippen molar-refractivity contribution in [3.05, 3.63) is 65.1 Å². The summed E-state index contributed by atoms with van der Waals surface area (Å²) < 4.78 is 10.4. The fraction of sp³-hybridized carbons (Fsp3) is 0.167. The smallest absolute Gasteiger partial charge is 0.254 e. The maximum Gasteiger partial charge on any atom is 0.254 e. The van der Waals surface area contributed by atoms with Gasteiger partial charge in [0.2, 0.25) is 0 Å². The van der Waals surface area contributed by atoms with E-state index >= 15 is 0 Å². The van der Waals surface area contributed by atoms with Crippen LogP contribution in [0.2, 0.25) is 5.02 Å². The number of methoxy groups -OCH3 is 1. The van der Waals surface area contributed by atoms with Gasteiger partial charge in [-0.25, -0.2) is 0 Å². The molecule has 1 amide bonds. The van der Waals surface area contributed by atoms with Gasteiger partial charge in [0.15, 0.2) is 5.76 Å². The molecule has 0 aliphatic heterocycles. The fourth-order valence-electron chi connectivity index (χ4n) is 2.37. The molecule has 0 fully saturated rings. The summed E-state index contributed by atoms with van der Waals surface area (Å²) in [6, 6.07) is 10.4. The van der Waals surface area contributed by atoms with Crippen LogP contribution in [0.25, 0.3) is 11.3 Å². The number of amides is 1. The largest absolute Gasteiger partial charge is 0.495 e. The van der Waals surface area contributed by atoms with Crippen molar-refractivity contribution in [3.63, 3.8) is 0 Å². The topological polar surface area (TPSA) is 68.5 Å². The van der Waals surface area contributed by atoms with Crippen LogP contribution < -0.4 is 4.74 Å². The molecule has 2 heterocycles. The number of rotatable bonds is 5. The van der Waals surface area contributed by atoms with Crippen LogP contribution in [0.15, 0.2) is 53.3 Å². The first-order chi connectivity index (χ1) is 12.1. The van der Waals surface area contributed by atoms with Crippen LogP contribution in [-0.4, -0.2) is 35.1 Å². The Morgan fingerprint density at radius 1 is 1.24 bits per heavy atom. The number of halogens is 1. The van der Waals surface area contributed by atoms with E-state index in [1.807, 2.05) is 12.1 Å². The summed E-state index contributed by atoms with van der Waals surface area (Å²) in [5.74, 6) is 0.937. The average molecular weight is 358 g/mol. The summed E-state index contributed by atoms with van der Waals surface area (Å²) in [5.41, 5.74) is 2.08. The van der Waals surface area contributed by atoms with E-state index in [4.69, 9.17) is 20.9 Å². The molecule has 0 saturated carbocycles. The molecule has 0 atom stereocenters. The van der Waals surface area contributed by atoms with E-state index in [-0.39, 0.29) is 5.91 Å².